The number of aliphatic hydroxyl groups is 1. The van der Waals surface area contributed by atoms with Gasteiger partial charge in [0, 0.05) is 31.0 Å². The van der Waals surface area contributed by atoms with Crippen molar-refractivity contribution in [3.8, 4) is 5.88 Å². The largest absolute Gasteiger partial charge is 0.475 e. The Morgan fingerprint density at radius 3 is 3.06 bits per heavy atom. The second kappa shape index (κ2) is 7.66. The van der Waals surface area contributed by atoms with E-state index < -0.39 is 0 Å². The third-order valence-electron chi connectivity index (χ3n) is 2.51. The van der Waals surface area contributed by atoms with Gasteiger partial charge >= 0.3 is 0 Å². The maximum Gasteiger partial charge on any atom is 0.251 e. The van der Waals surface area contributed by atoms with Gasteiger partial charge in [-0.1, -0.05) is 6.92 Å². The van der Waals surface area contributed by atoms with Crippen molar-refractivity contribution in [1.29, 1.82) is 0 Å². The van der Waals surface area contributed by atoms with Crippen LogP contribution in [-0.2, 0) is 0 Å². The number of hydrogen-bond donors (Lipinski definition) is 2. The number of nitrogens with zero attached hydrogens (tertiary/aromatic N) is 1. The predicted molar refractivity (Wildman–Crippen MR) is 68.7 cm³/mol. The summed E-state index contributed by atoms with van der Waals surface area (Å²) in [5.41, 5.74) is 0.515. The summed E-state index contributed by atoms with van der Waals surface area (Å²) in [5.74, 6) is 0.277. The van der Waals surface area contributed by atoms with Gasteiger partial charge < -0.3 is 15.2 Å². The first kappa shape index (κ1) is 14.4. The molecule has 0 bridgehead atoms. The summed E-state index contributed by atoms with van der Waals surface area (Å²) >= 11 is 0. The fourth-order valence-electron chi connectivity index (χ4n) is 1.29. The van der Waals surface area contributed by atoms with E-state index in [-0.39, 0.29) is 18.6 Å². The van der Waals surface area contributed by atoms with Crippen LogP contribution in [0.3, 0.4) is 0 Å². The zero-order chi connectivity index (χ0) is 13.4. The summed E-state index contributed by atoms with van der Waals surface area (Å²) in [7, 11) is 0. The molecule has 2 N–H and O–H groups in total. The van der Waals surface area contributed by atoms with Crippen molar-refractivity contribution in [3.63, 3.8) is 0 Å². The van der Waals surface area contributed by atoms with E-state index in [1.807, 2.05) is 13.8 Å². The summed E-state index contributed by atoms with van der Waals surface area (Å²) in [6, 6.07) is 3.26. The van der Waals surface area contributed by atoms with Crippen LogP contribution < -0.4 is 10.1 Å². The molecule has 18 heavy (non-hydrogen) atoms. The Bertz CT molecular complexity index is 382. The number of pyridine rings is 1. The Kier molecular flexibility index (Phi) is 6.14. The molecule has 1 heterocycles. The smallest absolute Gasteiger partial charge is 0.251 e. The van der Waals surface area contributed by atoms with E-state index in [0.29, 0.717) is 24.4 Å². The number of nitrogens with one attached hydrogen (secondary N) is 1. The number of carbonyl (C=O) groups excluding carboxylic acids is 1. The highest BCUT2D eigenvalue weighted by molar-refractivity contribution is 5.94. The maximum atomic E-state index is 11.8. The molecule has 0 saturated heterocycles. The van der Waals surface area contributed by atoms with Crippen LogP contribution in [0.5, 0.6) is 5.88 Å². The molecule has 1 amide bonds. The summed E-state index contributed by atoms with van der Waals surface area (Å²) in [4.78, 5) is 15.8. The summed E-state index contributed by atoms with van der Waals surface area (Å²) in [6.45, 7) is 4.50. The number of aromatic nitrogens is 1. The molecule has 1 unspecified atom stereocenters. The van der Waals surface area contributed by atoms with Crippen molar-refractivity contribution in [1.82, 2.24) is 10.3 Å². The zero-order valence-electron chi connectivity index (χ0n) is 10.8. The highest BCUT2D eigenvalue weighted by Crippen LogP contribution is 2.12. The first-order chi connectivity index (χ1) is 8.67. The number of amides is 1. The van der Waals surface area contributed by atoms with Crippen LogP contribution >= 0.6 is 0 Å². The molecule has 0 radical (unpaired) electrons. The minimum Gasteiger partial charge on any atom is -0.475 e. The van der Waals surface area contributed by atoms with Gasteiger partial charge in [0.2, 0.25) is 5.88 Å². The summed E-state index contributed by atoms with van der Waals surface area (Å²) in [6.07, 6.45) is 3.06. The van der Waals surface area contributed by atoms with Crippen molar-refractivity contribution >= 4 is 5.91 Å². The lowest BCUT2D eigenvalue weighted by molar-refractivity contribution is 0.0950. The van der Waals surface area contributed by atoms with Crippen LogP contribution in [0.2, 0.25) is 0 Å². The average molecular weight is 252 g/mol. The van der Waals surface area contributed by atoms with Gasteiger partial charge in [0.15, 0.2) is 0 Å². The topological polar surface area (TPSA) is 71.5 Å². The lowest BCUT2D eigenvalue weighted by atomic mass is 10.2. The van der Waals surface area contributed by atoms with Gasteiger partial charge in [-0.15, -0.1) is 0 Å². The molecule has 5 nitrogen and oxygen atoms in total. The number of aliphatic hydroxyl groups excluding tert-OH is 1. The SMILES string of the molecule is CCC(C)Oc1cc(C(=O)NCCCO)ccn1. The lowest BCUT2D eigenvalue weighted by Gasteiger charge is -2.12. The first-order valence-electron chi connectivity index (χ1n) is 6.19. The summed E-state index contributed by atoms with van der Waals surface area (Å²) < 4.78 is 5.55. The van der Waals surface area contributed by atoms with Crippen LogP contribution in [0.15, 0.2) is 18.3 Å². The van der Waals surface area contributed by atoms with Gasteiger partial charge in [-0.25, -0.2) is 4.98 Å². The van der Waals surface area contributed by atoms with Crippen molar-refractivity contribution in [3.05, 3.63) is 23.9 Å². The van der Waals surface area contributed by atoms with Crippen LogP contribution in [0.4, 0.5) is 0 Å². The van der Waals surface area contributed by atoms with Crippen LogP contribution in [0.1, 0.15) is 37.0 Å². The monoisotopic (exact) mass is 252 g/mol. The van der Waals surface area contributed by atoms with Gasteiger partial charge in [0.1, 0.15) is 0 Å². The Labute approximate surface area is 107 Å². The fraction of sp³-hybridized carbons (Fsp3) is 0.538. The third kappa shape index (κ3) is 4.71. The molecular formula is C13H20N2O3. The normalized spacial score (nSPS) is 11.9. The Hall–Kier alpha value is -1.62. The van der Waals surface area contributed by atoms with Gasteiger partial charge in [-0.3, -0.25) is 4.79 Å². The maximum absolute atomic E-state index is 11.8. The molecule has 100 valence electrons. The van der Waals surface area contributed by atoms with E-state index in [4.69, 9.17) is 9.84 Å². The van der Waals surface area contributed by atoms with Gasteiger partial charge in [0.05, 0.1) is 6.10 Å². The molecular weight excluding hydrogens is 232 g/mol. The van der Waals surface area contributed by atoms with Crippen LogP contribution in [0.25, 0.3) is 0 Å². The Morgan fingerprint density at radius 2 is 2.39 bits per heavy atom. The minimum absolute atomic E-state index is 0.0685. The third-order valence-corrected chi connectivity index (χ3v) is 2.51. The van der Waals surface area contributed by atoms with Crippen LogP contribution in [-0.4, -0.2) is 35.3 Å². The van der Waals surface area contributed by atoms with Crippen molar-refractivity contribution in [2.75, 3.05) is 13.2 Å². The molecule has 1 rings (SSSR count). The number of hydrogen-bond acceptors (Lipinski definition) is 4. The van der Waals surface area contributed by atoms with Crippen molar-refractivity contribution in [2.24, 2.45) is 0 Å². The van der Waals surface area contributed by atoms with E-state index in [2.05, 4.69) is 10.3 Å². The van der Waals surface area contributed by atoms with Crippen molar-refractivity contribution in [2.45, 2.75) is 32.8 Å². The number of rotatable bonds is 7. The molecule has 0 saturated carbocycles. The molecule has 0 aliphatic carbocycles. The Morgan fingerprint density at radius 1 is 1.61 bits per heavy atom. The number of carbonyl (C=O) groups is 1. The number of ether oxygens (including phenoxy) is 1. The van der Waals surface area contributed by atoms with Crippen molar-refractivity contribution < 1.29 is 14.6 Å². The highest BCUT2D eigenvalue weighted by Gasteiger charge is 2.08. The fourth-order valence-corrected chi connectivity index (χ4v) is 1.29. The van der Waals surface area contributed by atoms with Gasteiger partial charge in [0.25, 0.3) is 5.91 Å². The highest BCUT2D eigenvalue weighted by atomic mass is 16.5. The standard InChI is InChI=1S/C13H20N2O3/c1-3-10(2)18-12-9-11(5-7-14-12)13(17)15-6-4-8-16/h5,7,9-10,16H,3-4,6,8H2,1-2H3,(H,15,17). The van der Waals surface area contributed by atoms with E-state index in [0.717, 1.165) is 6.42 Å². The van der Waals surface area contributed by atoms with E-state index >= 15 is 0 Å². The first-order valence-corrected chi connectivity index (χ1v) is 6.19. The molecule has 5 heteroatoms. The average Bonchev–Trinajstić information content (AvgIpc) is 2.39. The molecule has 0 aliphatic heterocycles. The minimum atomic E-state index is -0.181. The zero-order valence-corrected chi connectivity index (χ0v) is 10.8. The summed E-state index contributed by atoms with van der Waals surface area (Å²) in [5, 5.41) is 11.4. The molecule has 0 aliphatic rings. The molecule has 1 aromatic rings. The quantitative estimate of drug-likeness (QED) is 0.719. The van der Waals surface area contributed by atoms with Crippen LogP contribution in [0, 0.1) is 0 Å². The van der Waals surface area contributed by atoms with E-state index in [1.165, 1.54) is 0 Å². The van der Waals surface area contributed by atoms with E-state index in [9.17, 15) is 4.79 Å². The molecule has 1 aromatic heterocycles. The van der Waals surface area contributed by atoms with E-state index in [1.54, 1.807) is 18.3 Å². The second-order valence-corrected chi connectivity index (χ2v) is 4.05. The Balaban J connectivity index is 2.60. The molecule has 1 atom stereocenters. The predicted octanol–water partition coefficient (Wildman–Crippen LogP) is 1.37. The van der Waals surface area contributed by atoms with Gasteiger partial charge in [-0.2, -0.15) is 0 Å². The van der Waals surface area contributed by atoms with Gasteiger partial charge in [-0.05, 0) is 25.8 Å². The lowest BCUT2D eigenvalue weighted by Crippen LogP contribution is -2.25. The second-order valence-electron chi connectivity index (χ2n) is 4.05. The molecule has 0 fully saturated rings. The molecule has 0 spiro atoms. The molecule has 0 aromatic carbocycles.